The molecule has 0 saturated heterocycles. The first-order valence-corrected chi connectivity index (χ1v) is 10.6. The van der Waals surface area contributed by atoms with E-state index in [0.717, 1.165) is 17.0 Å². The predicted octanol–water partition coefficient (Wildman–Crippen LogP) is 6.40. The largest absolute Gasteiger partial charge is 0.481 e. The summed E-state index contributed by atoms with van der Waals surface area (Å²) >= 11 is 3.41. The van der Waals surface area contributed by atoms with Gasteiger partial charge in [-0.2, -0.15) is 0 Å². The second kappa shape index (κ2) is 7.94. The molecule has 0 aliphatic rings. The lowest BCUT2D eigenvalue weighted by molar-refractivity contribution is -0.137. The summed E-state index contributed by atoms with van der Waals surface area (Å²) in [5.74, 6) is -0.765. The molecule has 1 atom stereocenters. The summed E-state index contributed by atoms with van der Waals surface area (Å²) in [6, 6.07) is 22.8. The summed E-state index contributed by atoms with van der Waals surface area (Å²) in [7, 11) is 0. The molecule has 0 aliphatic carbocycles. The number of aromatic nitrogens is 1. The maximum absolute atomic E-state index is 11.3. The quantitative estimate of drug-likeness (QED) is 0.395. The Labute approximate surface area is 166 Å². The number of aliphatic carboxylic acids is 1. The van der Waals surface area contributed by atoms with E-state index >= 15 is 0 Å². The van der Waals surface area contributed by atoms with E-state index in [9.17, 15) is 9.90 Å². The Bertz CT molecular complexity index is 950. The van der Waals surface area contributed by atoms with Crippen LogP contribution in [0.2, 0.25) is 0 Å². The van der Waals surface area contributed by atoms with E-state index in [-0.39, 0.29) is 12.5 Å². The van der Waals surface area contributed by atoms with Crippen LogP contribution in [0.25, 0.3) is 21.1 Å². The fourth-order valence-electron chi connectivity index (χ4n) is 3.41. The third-order valence-electron chi connectivity index (χ3n) is 4.59. The molecule has 1 aromatic carbocycles. The molecule has 0 saturated carbocycles. The fraction of sp³-hybridized carbons (Fsp3) is 0.136. The van der Waals surface area contributed by atoms with Gasteiger partial charge in [0.2, 0.25) is 0 Å². The number of hydrogen-bond acceptors (Lipinski definition) is 3. The molecule has 0 spiro atoms. The zero-order valence-electron chi connectivity index (χ0n) is 14.6. The molecule has 0 amide bonds. The van der Waals surface area contributed by atoms with Crippen molar-refractivity contribution in [2.75, 3.05) is 0 Å². The number of rotatable bonds is 7. The van der Waals surface area contributed by atoms with Crippen molar-refractivity contribution in [3.05, 3.63) is 83.1 Å². The number of thiophene rings is 2. The van der Waals surface area contributed by atoms with Crippen LogP contribution in [-0.4, -0.2) is 15.6 Å². The van der Waals surface area contributed by atoms with E-state index in [4.69, 9.17) is 0 Å². The minimum absolute atomic E-state index is 0.0356. The average Bonchev–Trinajstić information content (AvgIpc) is 3.43. The van der Waals surface area contributed by atoms with E-state index in [0.29, 0.717) is 6.42 Å². The zero-order chi connectivity index (χ0) is 18.6. The van der Waals surface area contributed by atoms with Crippen LogP contribution in [0, 0.1) is 0 Å². The number of benzene rings is 1. The predicted molar refractivity (Wildman–Crippen MR) is 113 cm³/mol. The van der Waals surface area contributed by atoms with Gasteiger partial charge in [0.1, 0.15) is 0 Å². The molecular formula is C22H19NO2S2. The van der Waals surface area contributed by atoms with Gasteiger partial charge in [-0.25, -0.2) is 0 Å². The van der Waals surface area contributed by atoms with Crippen LogP contribution in [0.15, 0.2) is 77.5 Å². The summed E-state index contributed by atoms with van der Waals surface area (Å²) in [6.45, 7) is 0. The van der Waals surface area contributed by atoms with E-state index in [1.165, 1.54) is 9.75 Å². The lowest BCUT2D eigenvalue weighted by Gasteiger charge is -2.24. The molecule has 3 heterocycles. The highest BCUT2D eigenvalue weighted by Crippen LogP contribution is 2.39. The van der Waals surface area contributed by atoms with Gasteiger partial charge in [-0.1, -0.05) is 42.5 Å². The Balaban J connectivity index is 1.89. The molecule has 0 aliphatic heterocycles. The van der Waals surface area contributed by atoms with Gasteiger partial charge in [0.05, 0.1) is 27.2 Å². The third-order valence-corrected chi connectivity index (χ3v) is 6.38. The number of carboxylic acid groups (broad SMARTS) is 1. The lowest BCUT2D eigenvalue weighted by Crippen LogP contribution is -2.14. The first-order valence-electron chi connectivity index (χ1n) is 8.80. The van der Waals surface area contributed by atoms with Crippen LogP contribution in [0.5, 0.6) is 0 Å². The van der Waals surface area contributed by atoms with E-state index < -0.39 is 5.97 Å². The van der Waals surface area contributed by atoms with Crippen molar-refractivity contribution >= 4 is 28.6 Å². The molecule has 5 heteroatoms. The summed E-state index contributed by atoms with van der Waals surface area (Å²) < 4.78 is 2.32. The Morgan fingerprint density at radius 2 is 1.44 bits per heavy atom. The van der Waals surface area contributed by atoms with Crippen LogP contribution in [0.1, 0.15) is 24.4 Å². The molecule has 1 unspecified atom stereocenters. The second-order valence-electron chi connectivity index (χ2n) is 6.29. The Morgan fingerprint density at radius 1 is 0.852 bits per heavy atom. The number of nitrogens with zero attached hydrogens (tertiary/aromatic N) is 1. The van der Waals surface area contributed by atoms with Gasteiger partial charge >= 0.3 is 5.97 Å². The molecule has 3 aromatic heterocycles. The highest BCUT2D eigenvalue weighted by atomic mass is 32.1. The van der Waals surface area contributed by atoms with Crippen LogP contribution in [0.4, 0.5) is 0 Å². The topological polar surface area (TPSA) is 42.2 Å². The maximum atomic E-state index is 11.3. The average molecular weight is 394 g/mol. The van der Waals surface area contributed by atoms with Crippen molar-refractivity contribution in [1.82, 2.24) is 4.57 Å². The van der Waals surface area contributed by atoms with Gasteiger partial charge in [-0.15, -0.1) is 22.7 Å². The van der Waals surface area contributed by atoms with E-state index in [2.05, 4.69) is 63.9 Å². The summed E-state index contributed by atoms with van der Waals surface area (Å²) in [4.78, 5) is 13.7. The van der Waals surface area contributed by atoms with Crippen molar-refractivity contribution in [1.29, 1.82) is 0 Å². The SMILES string of the molecule is O=C(O)CCC(c1ccccc1)n1c(-c2cccs2)ccc1-c1cccs1. The molecule has 0 bridgehead atoms. The molecule has 1 N–H and O–H groups in total. The van der Waals surface area contributed by atoms with Crippen LogP contribution in [0.3, 0.4) is 0 Å². The standard InChI is InChI=1S/C22H19NO2S2/c24-22(25)13-12-17(16-6-2-1-3-7-16)23-18(20-8-4-14-26-20)10-11-19(23)21-9-5-15-27-21/h1-11,14-15,17H,12-13H2,(H,24,25). The molecule has 3 nitrogen and oxygen atoms in total. The lowest BCUT2D eigenvalue weighted by atomic mass is 10.0. The molecule has 0 radical (unpaired) electrons. The molecule has 4 aromatic rings. The molecular weight excluding hydrogens is 374 g/mol. The number of carboxylic acids is 1. The Kier molecular flexibility index (Phi) is 5.23. The smallest absolute Gasteiger partial charge is 0.303 e. The van der Waals surface area contributed by atoms with Crippen molar-refractivity contribution in [2.24, 2.45) is 0 Å². The summed E-state index contributed by atoms with van der Waals surface area (Å²) in [5.41, 5.74) is 3.39. The van der Waals surface area contributed by atoms with Crippen molar-refractivity contribution < 1.29 is 9.90 Å². The monoisotopic (exact) mass is 393 g/mol. The third kappa shape index (κ3) is 3.75. The first kappa shape index (κ1) is 17.8. The minimum Gasteiger partial charge on any atom is -0.481 e. The summed E-state index contributed by atoms with van der Waals surface area (Å²) in [6.07, 6.45) is 0.677. The Hall–Kier alpha value is -2.63. The van der Waals surface area contributed by atoms with Gasteiger partial charge in [0.25, 0.3) is 0 Å². The highest BCUT2D eigenvalue weighted by Gasteiger charge is 2.23. The molecule has 136 valence electrons. The van der Waals surface area contributed by atoms with E-state index in [1.807, 2.05) is 18.2 Å². The number of carbonyl (C=O) groups is 1. The first-order chi connectivity index (χ1) is 13.2. The van der Waals surface area contributed by atoms with Crippen molar-refractivity contribution in [3.63, 3.8) is 0 Å². The second-order valence-corrected chi connectivity index (χ2v) is 8.18. The van der Waals surface area contributed by atoms with Gasteiger partial charge in [-0.05, 0) is 47.0 Å². The molecule has 0 fully saturated rings. The van der Waals surface area contributed by atoms with Gasteiger partial charge < -0.3 is 9.67 Å². The highest BCUT2D eigenvalue weighted by molar-refractivity contribution is 7.14. The number of hydrogen-bond donors (Lipinski definition) is 1. The van der Waals surface area contributed by atoms with Crippen LogP contribution >= 0.6 is 22.7 Å². The van der Waals surface area contributed by atoms with Crippen LogP contribution < -0.4 is 0 Å². The van der Waals surface area contributed by atoms with E-state index in [1.54, 1.807) is 22.7 Å². The van der Waals surface area contributed by atoms with Gasteiger partial charge in [0, 0.05) is 6.42 Å². The maximum Gasteiger partial charge on any atom is 0.303 e. The normalized spacial score (nSPS) is 12.1. The van der Waals surface area contributed by atoms with Gasteiger partial charge in [0.15, 0.2) is 0 Å². The summed E-state index contributed by atoms with van der Waals surface area (Å²) in [5, 5.41) is 13.5. The fourth-order valence-corrected chi connectivity index (χ4v) is 4.91. The van der Waals surface area contributed by atoms with Crippen molar-refractivity contribution in [2.45, 2.75) is 18.9 Å². The minimum atomic E-state index is -0.765. The Morgan fingerprint density at radius 3 is 1.93 bits per heavy atom. The van der Waals surface area contributed by atoms with Crippen molar-refractivity contribution in [3.8, 4) is 21.1 Å². The molecule has 4 rings (SSSR count). The zero-order valence-corrected chi connectivity index (χ0v) is 16.2. The molecule has 27 heavy (non-hydrogen) atoms. The van der Waals surface area contributed by atoms with Crippen LogP contribution in [-0.2, 0) is 4.79 Å². The van der Waals surface area contributed by atoms with Gasteiger partial charge in [-0.3, -0.25) is 4.79 Å².